The van der Waals surface area contributed by atoms with Crippen molar-refractivity contribution < 1.29 is 14.3 Å². The Labute approximate surface area is 149 Å². The Hall–Kier alpha value is -2.04. The molecule has 1 aliphatic rings. The topological polar surface area (TPSA) is 46.6 Å². The molecular formula is C18H15Cl2NO3. The van der Waals surface area contributed by atoms with Crippen molar-refractivity contribution in [2.75, 3.05) is 11.4 Å². The molecule has 124 valence electrons. The molecule has 0 saturated carbocycles. The van der Waals surface area contributed by atoms with Gasteiger partial charge in [-0.1, -0.05) is 47.5 Å². The lowest BCUT2D eigenvalue weighted by Gasteiger charge is -2.22. The van der Waals surface area contributed by atoms with Gasteiger partial charge in [-0.05, 0) is 37.1 Å². The number of ether oxygens (including phenoxy) is 1. The molecule has 0 unspecified atom stereocenters. The summed E-state index contributed by atoms with van der Waals surface area (Å²) in [5.41, 5.74) is 2.04. The second kappa shape index (κ2) is 6.83. The number of anilines is 1. The average Bonchev–Trinajstić information content (AvgIpc) is 2.97. The van der Waals surface area contributed by atoms with Crippen molar-refractivity contribution in [3.8, 4) is 0 Å². The molecule has 0 aromatic heterocycles. The second-order valence-corrected chi connectivity index (χ2v) is 6.33. The van der Waals surface area contributed by atoms with Crippen LogP contribution in [0, 0.1) is 0 Å². The van der Waals surface area contributed by atoms with E-state index in [1.165, 1.54) is 0 Å². The van der Waals surface area contributed by atoms with Crippen LogP contribution in [0.2, 0.25) is 10.0 Å². The number of halogens is 2. The number of benzene rings is 2. The van der Waals surface area contributed by atoms with Gasteiger partial charge in [0.15, 0.2) is 6.10 Å². The Morgan fingerprint density at radius 3 is 2.46 bits per heavy atom. The third-order valence-electron chi connectivity index (χ3n) is 3.95. The van der Waals surface area contributed by atoms with Gasteiger partial charge in [-0.25, -0.2) is 4.79 Å². The number of fused-ring (bicyclic) bond motifs is 1. The zero-order valence-electron chi connectivity index (χ0n) is 13.0. The van der Waals surface area contributed by atoms with Gasteiger partial charge in [0.25, 0.3) is 5.91 Å². The van der Waals surface area contributed by atoms with E-state index in [-0.39, 0.29) is 21.5 Å². The first-order valence-electron chi connectivity index (χ1n) is 7.53. The molecule has 0 spiro atoms. The average molecular weight is 364 g/mol. The molecule has 4 nitrogen and oxygen atoms in total. The van der Waals surface area contributed by atoms with Gasteiger partial charge in [-0.15, -0.1) is 0 Å². The van der Waals surface area contributed by atoms with Crippen LogP contribution in [-0.2, 0) is 16.0 Å². The van der Waals surface area contributed by atoms with Crippen molar-refractivity contribution in [2.24, 2.45) is 0 Å². The molecule has 0 aliphatic carbocycles. The quantitative estimate of drug-likeness (QED) is 0.770. The van der Waals surface area contributed by atoms with E-state index in [9.17, 15) is 9.59 Å². The third-order valence-corrected chi connectivity index (χ3v) is 4.58. The molecule has 0 N–H and O–H groups in total. The normalized spacial score (nSPS) is 14.2. The van der Waals surface area contributed by atoms with E-state index in [2.05, 4.69) is 0 Å². The zero-order valence-corrected chi connectivity index (χ0v) is 14.5. The van der Waals surface area contributed by atoms with E-state index >= 15 is 0 Å². The highest BCUT2D eigenvalue weighted by atomic mass is 35.5. The van der Waals surface area contributed by atoms with Crippen molar-refractivity contribution in [3.05, 3.63) is 63.6 Å². The predicted molar refractivity (Wildman–Crippen MR) is 93.8 cm³/mol. The molecule has 1 atom stereocenters. The molecule has 0 bridgehead atoms. The van der Waals surface area contributed by atoms with E-state index in [1.807, 2.05) is 24.3 Å². The van der Waals surface area contributed by atoms with Gasteiger partial charge in [0, 0.05) is 12.2 Å². The summed E-state index contributed by atoms with van der Waals surface area (Å²) in [5, 5.41) is 0.386. The Kier molecular flexibility index (Phi) is 4.78. The Morgan fingerprint density at radius 2 is 1.75 bits per heavy atom. The van der Waals surface area contributed by atoms with Gasteiger partial charge < -0.3 is 9.64 Å². The van der Waals surface area contributed by atoms with Crippen LogP contribution in [0.5, 0.6) is 0 Å². The molecule has 0 fully saturated rings. The number of amides is 1. The van der Waals surface area contributed by atoms with Crippen molar-refractivity contribution in [1.82, 2.24) is 0 Å². The van der Waals surface area contributed by atoms with Gasteiger partial charge in [0.05, 0.1) is 15.6 Å². The van der Waals surface area contributed by atoms with Crippen LogP contribution in [-0.4, -0.2) is 24.5 Å². The summed E-state index contributed by atoms with van der Waals surface area (Å²) in [6.45, 7) is 2.12. The third kappa shape index (κ3) is 3.12. The lowest BCUT2D eigenvalue weighted by Crippen LogP contribution is -2.39. The van der Waals surface area contributed by atoms with E-state index in [0.717, 1.165) is 17.7 Å². The number of rotatable bonds is 3. The Morgan fingerprint density at radius 1 is 1.08 bits per heavy atom. The minimum atomic E-state index is -0.934. The Balaban J connectivity index is 1.75. The molecule has 0 radical (unpaired) electrons. The second-order valence-electron chi connectivity index (χ2n) is 5.51. The molecule has 1 aliphatic heterocycles. The first-order chi connectivity index (χ1) is 11.5. The zero-order chi connectivity index (χ0) is 17.3. The number of hydrogen-bond donors (Lipinski definition) is 0. The lowest BCUT2D eigenvalue weighted by atomic mass is 10.2. The maximum atomic E-state index is 12.6. The molecule has 6 heteroatoms. The number of carbonyl (C=O) groups is 2. The molecule has 2 aromatic carbocycles. The monoisotopic (exact) mass is 363 g/mol. The fraction of sp³-hybridized carbons (Fsp3) is 0.222. The molecule has 1 heterocycles. The lowest BCUT2D eigenvalue weighted by molar-refractivity contribution is -0.126. The molecule has 0 saturated heterocycles. The van der Waals surface area contributed by atoms with E-state index in [4.69, 9.17) is 27.9 Å². The van der Waals surface area contributed by atoms with Crippen LogP contribution >= 0.6 is 23.2 Å². The van der Waals surface area contributed by atoms with E-state index in [0.29, 0.717) is 6.54 Å². The van der Waals surface area contributed by atoms with Crippen molar-refractivity contribution >= 4 is 40.8 Å². The van der Waals surface area contributed by atoms with Gasteiger partial charge in [-0.2, -0.15) is 0 Å². The number of nitrogens with zero attached hydrogens (tertiary/aromatic N) is 1. The summed E-state index contributed by atoms with van der Waals surface area (Å²) in [4.78, 5) is 26.6. The Bertz CT molecular complexity index is 786. The van der Waals surface area contributed by atoms with Gasteiger partial charge in [-0.3, -0.25) is 4.79 Å². The maximum absolute atomic E-state index is 12.6. The van der Waals surface area contributed by atoms with Crippen LogP contribution in [0.25, 0.3) is 0 Å². The molecule has 1 amide bonds. The predicted octanol–water partition coefficient (Wildman–Crippen LogP) is 4.13. The van der Waals surface area contributed by atoms with Crippen molar-refractivity contribution in [2.45, 2.75) is 19.4 Å². The molecule has 3 rings (SSSR count). The van der Waals surface area contributed by atoms with Crippen molar-refractivity contribution in [1.29, 1.82) is 0 Å². The SMILES string of the molecule is C[C@@H](OC(=O)c1c(Cl)cccc1Cl)C(=O)N1CCc2ccccc21. The number of carbonyl (C=O) groups excluding carboxylic acids is 2. The van der Waals surface area contributed by atoms with Crippen LogP contribution < -0.4 is 4.90 Å². The molecule has 24 heavy (non-hydrogen) atoms. The van der Waals surface area contributed by atoms with Gasteiger partial charge in [0.1, 0.15) is 0 Å². The number of para-hydroxylation sites is 1. The summed E-state index contributed by atoms with van der Waals surface area (Å²) in [5.74, 6) is -0.976. The van der Waals surface area contributed by atoms with Crippen LogP contribution in [0.3, 0.4) is 0 Å². The molecule has 2 aromatic rings. The fourth-order valence-electron chi connectivity index (χ4n) is 2.75. The summed E-state index contributed by atoms with van der Waals surface area (Å²) in [6, 6.07) is 12.4. The number of esters is 1. The van der Waals surface area contributed by atoms with Crippen LogP contribution in [0.4, 0.5) is 5.69 Å². The summed E-state index contributed by atoms with van der Waals surface area (Å²) in [7, 11) is 0. The van der Waals surface area contributed by atoms with E-state index in [1.54, 1.807) is 30.0 Å². The highest BCUT2D eigenvalue weighted by Crippen LogP contribution is 2.29. The van der Waals surface area contributed by atoms with Crippen LogP contribution in [0.15, 0.2) is 42.5 Å². The maximum Gasteiger partial charge on any atom is 0.341 e. The fourth-order valence-corrected chi connectivity index (χ4v) is 3.30. The summed E-state index contributed by atoms with van der Waals surface area (Å²) in [6.07, 6.45) is -0.144. The van der Waals surface area contributed by atoms with Crippen molar-refractivity contribution in [3.63, 3.8) is 0 Å². The van der Waals surface area contributed by atoms with E-state index < -0.39 is 12.1 Å². The summed E-state index contributed by atoms with van der Waals surface area (Å²) < 4.78 is 5.29. The minimum Gasteiger partial charge on any atom is -0.449 e. The van der Waals surface area contributed by atoms with Gasteiger partial charge in [0.2, 0.25) is 0 Å². The van der Waals surface area contributed by atoms with Crippen LogP contribution in [0.1, 0.15) is 22.8 Å². The first kappa shape index (κ1) is 16.8. The first-order valence-corrected chi connectivity index (χ1v) is 8.29. The smallest absolute Gasteiger partial charge is 0.341 e. The molecular weight excluding hydrogens is 349 g/mol. The largest absolute Gasteiger partial charge is 0.449 e. The number of hydrogen-bond acceptors (Lipinski definition) is 3. The summed E-state index contributed by atoms with van der Waals surface area (Å²) >= 11 is 12.0. The minimum absolute atomic E-state index is 0.0716. The standard InChI is InChI=1S/C18H15Cl2NO3/c1-11(24-18(23)16-13(19)6-4-7-14(16)20)17(22)21-10-9-12-5-2-3-8-15(12)21/h2-8,11H,9-10H2,1H3/t11-/m1/s1. The highest BCUT2D eigenvalue weighted by Gasteiger charge is 2.30. The van der Waals surface area contributed by atoms with Gasteiger partial charge >= 0.3 is 5.97 Å². The highest BCUT2D eigenvalue weighted by molar-refractivity contribution is 6.39.